The summed E-state index contributed by atoms with van der Waals surface area (Å²) in [6, 6.07) is 3.86. The molecule has 1 aliphatic rings. The molecule has 0 saturated heterocycles. The third kappa shape index (κ3) is 2.65. The average molecular weight is 366 g/mol. The predicted octanol–water partition coefficient (Wildman–Crippen LogP) is 2.69. The van der Waals surface area contributed by atoms with Gasteiger partial charge in [-0.05, 0) is 23.6 Å². The molecule has 2 aromatic rings. The summed E-state index contributed by atoms with van der Waals surface area (Å²) >= 11 is 12.7. The standard InChI is InChI=1S/C17H17Cl2N3O2/c1-22-16-10(3-5-23)8-21-13(24)7-11(16)14-9(2-4-20)6-12(18)15(19)17(14)22/h6,10,23H,2-3,5,7-8H2,1H3,(H,21,24)/t10-/m1/s1. The molecule has 2 N–H and O–H groups in total. The van der Waals surface area contributed by atoms with E-state index in [1.165, 1.54) is 0 Å². The Hall–Kier alpha value is -1.74. The van der Waals surface area contributed by atoms with Crippen molar-refractivity contribution in [3.63, 3.8) is 0 Å². The van der Waals surface area contributed by atoms with Gasteiger partial charge in [0.25, 0.3) is 0 Å². The first-order chi connectivity index (χ1) is 11.5. The van der Waals surface area contributed by atoms with Crippen LogP contribution < -0.4 is 5.32 Å². The van der Waals surface area contributed by atoms with Crippen molar-refractivity contribution in [1.29, 1.82) is 5.26 Å². The monoisotopic (exact) mass is 365 g/mol. The minimum absolute atomic E-state index is 0.0152. The lowest BCUT2D eigenvalue weighted by Gasteiger charge is -2.16. The lowest BCUT2D eigenvalue weighted by molar-refractivity contribution is -0.120. The van der Waals surface area contributed by atoms with E-state index in [0.717, 1.165) is 27.7 Å². The SMILES string of the molecule is Cn1c2c(c3c(CC#N)cc(Cl)c(Cl)c31)CC(=O)NC[C@H]2CCO. The molecule has 0 radical (unpaired) electrons. The Morgan fingerprint density at radius 1 is 1.50 bits per heavy atom. The van der Waals surface area contributed by atoms with Crippen molar-refractivity contribution < 1.29 is 9.90 Å². The number of rotatable bonds is 3. The third-order valence-electron chi connectivity index (χ3n) is 4.60. The Bertz CT molecular complexity index is 867. The van der Waals surface area contributed by atoms with E-state index in [1.807, 2.05) is 11.6 Å². The number of aryl methyl sites for hydroxylation is 1. The van der Waals surface area contributed by atoms with Gasteiger partial charge in [-0.3, -0.25) is 4.79 Å². The fraction of sp³-hybridized carbons (Fsp3) is 0.412. The minimum Gasteiger partial charge on any atom is -0.396 e. The molecule has 126 valence electrons. The van der Waals surface area contributed by atoms with Crippen molar-refractivity contribution in [2.24, 2.45) is 7.05 Å². The van der Waals surface area contributed by atoms with Crippen LogP contribution in [0.15, 0.2) is 6.07 Å². The van der Waals surface area contributed by atoms with Crippen LogP contribution in [-0.2, 0) is 24.7 Å². The van der Waals surface area contributed by atoms with Gasteiger partial charge in [-0.15, -0.1) is 0 Å². The molecular formula is C17H17Cl2N3O2. The van der Waals surface area contributed by atoms with E-state index in [4.69, 9.17) is 28.5 Å². The fourth-order valence-corrected chi connectivity index (χ4v) is 4.14. The van der Waals surface area contributed by atoms with E-state index < -0.39 is 0 Å². The van der Waals surface area contributed by atoms with Crippen molar-refractivity contribution in [3.8, 4) is 6.07 Å². The molecule has 0 spiro atoms. The molecule has 1 aliphatic heterocycles. The van der Waals surface area contributed by atoms with Gasteiger partial charge in [0.05, 0.1) is 34.5 Å². The first kappa shape index (κ1) is 17.1. The van der Waals surface area contributed by atoms with Crippen molar-refractivity contribution in [3.05, 3.63) is 32.9 Å². The summed E-state index contributed by atoms with van der Waals surface area (Å²) < 4.78 is 1.96. The highest BCUT2D eigenvalue weighted by molar-refractivity contribution is 6.45. The van der Waals surface area contributed by atoms with Crippen molar-refractivity contribution in [2.45, 2.75) is 25.2 Å². The summed E-state index contributed by atoms with van der Waals surface area (Å²) in [5.41, 5.74) is 3.37. The number of aliphatic hydroxyl groups excluding tert-OH is 1. The van der Waals surface area contributed by atoms with Crippen LogP contribution in [0.2, 0.25) is 10.0 Å². The maximum atomic E-state index is 12.2. The first-order valence-corrected chi connectivity index (χ1v) is 8.47. The molecule has 0 saturated carbocycles. The number of nitrogens with zero attached hydrogens (tertiary/aromatic N) is 2. The molecule has 1 aromatic heterocycles. The fourth-order valence-electron chi connectivity index (χ4n) is 3.64. The Balaban J connectivity index is 2.40. The molecule has 0 unspecified atom stereocenters. The van der Waals surface area contributed by atoms with Crippen molar-refractivity contribution in [2.75, 3.05) is 13.2 Å². The second-order valence-corrected chi connectivity index (χ2v) is 6.79. The second-order valence-electron chi connectivity index (χ2n) is 6.00. The first-order valence-electron chi connectivity index (χ1n) is 7.72. The molecule has 1 atom stereocenters. The number of carbonyl (C=O) groups is 1. The van der Waals surface area contributed by atoms with Crippen molar-refractivity contribution >= 4 is 40.0 Å². The topological polar surface area (TPSA) is 78.0 Å². The van der Waals surface area contributed by atoms with Crippen LogP contribution in [0.1, 0.15) is 29.2 Å². The van der Waals surface area contributed by atoms with Crippen LogP contribution in [0.5, 0.6) is 0 Å². The largest absolute Gasteiger partial charge is 0.396 e. The van der Waals surface area contributed by atoms with Crippen LogP contribution in [0, 0.1) is 11.3 Å². The molecule has 0 bridgehead atoms. The maximum Gasteiger partial charge on any atom is 0.224 e. The number of carbonyl (C=O) groups excluding carboxylic acids is 1. The van der Waals surface area contributed by atoms with E-state index >= 15 is 0 Å². The average Bonchev–Trinajstić information content (AvgIpc) is 2.71. The molecule has 2 heterocycles. The molecule has 7 heteroatoms. The van der Waals surface area contributed by atoms with Gasteiger partial charge in [0.1, 0.15) is 0 Å². The molecule has 24 heavy (non-hydrogen) atoms. The number of fused-ring (bicyclic) bond motifs is 3. The zero-order valence-electron chi connectivity index (χ0n) is 13.2. The van der Waals surface area contributed by atoms with E-state index in [2.05, 4.69) is 11.4 Å². The lowest BCUT2D eigenvalue weighted by Crippen LogP contribution is -2.27. The minimum atomic E-state index is -0.0711. The predicted molar refractivity (Wildman–Crippen MR) is 93.4 cm³/mol. The number of nitriles is 1. The number of nitrogens with one attached hydrogen (secondary N) is 1. The van der Waals surface area contributed by atoms with Gasteiger partial charge in [0, 0.05) is 37.2 Å². The molecule has 1 aromatic carbocycles. The van der Waals surface area contributed by atoms with E-state index in [-0.39, 0.29) is 31.3 Å². The normalized spacial score (nSPS) is 17.3. The molecule has 1 amide bonds. The summed E-state index contributed by atoms with van der Waals surface area (Å²) in [5, 5.41) is 23.1. The lowest BCUT2D eigenvalue weighted by atomic mass is 9.95. The van der Waals surface area contributed by atoms with Crippen LogP contribution in [-0.4, -0.2) is 28.7 Å². The Morgan fingerprint density at radius 2 is 2.25 bits per heavy atom. The number of benzene rings is 1. The summed E-state index contributed by atoms with van der Waals surface area (Å²) in [6.07, 6.45) is 0.956. The zero-order chi connectivity index (χ0) is 17.4. The van der Waals surface area contributed by atoms with E-state index in [0.29, 0.717) is 23.0 Å². The number of amides is 1. The number of hydrogen-bond acceptors (Lipinski definition) is 3. The Morgan fingerprint density at radius 3 is 2.92 bits per heavy atom. The smallest absolute Gasteiger partial charge is 0.224 e. The van der Waals surface area contributed by atoms with Gasteiger partial charge in [0.15, 0.2) is 0 Å². The highest BCUT2D eigenvalue weighted by Gasteiger charge is 2.30. The highest BCUT2D eigenvalue weighted by atomic mass is 35.5. The second kappa shape index (κ2) is 6.64. The quantitative estimate of drug-likeness (QED) is 0.877. The van der Waals surface area contributed by atoms with Gasteiger partial charge in [-0.2, -0.15) is 5.26 Å². The maximum absolute atomic E-state index is 12.2. The number of aliphatic hydroxyl groups is 1. The van der Waals surface area contributed by atoms with Crippen LogP contribution in [0.3, 0.4) is 0 Å². The molecule has 3 rings (SSSR count). The van der Waals surface area contributed by atoms with Crippen LogP contribution in [0.25, 0.3) is 10.9 Å². The number of hydrogen-bond donors (Lipinski definition) is 2. The van der Waals surface area contributed by atoms with Gasteiger partial charge in [0.2, 0.25) is 5.91 Å². The molecule has 0 aliphatic carbocycles. The summed E-state index contributed by atoms with van der Waals surface area (Å²) in [7, 11) is 1.89. The molecule has 5 nitrogen and oxygen atoms in total. The highest BCUT2D eigenvalue weighted by Crippen LogP contribution is 2.41. The van der Waals surface area contributed by atoms with Crippen LogP contribution in [0.4, 0.5) is 0 Å². The van der Waals surface area contributed by atoms with Crippen LogP contribution >= 0.6 is 23.2 Å². The third-order valence-corrected chi connectivity index (χ3v) is 5.38. The Kier molecular flexibility index (Phi) is 4.73. The molecular weight excluding hydrogens is 349 g/mol. The zero-order valence-corrected chi connectivity index (χ0v) is 14.7. The summed E-state index contributed by atoms with van der Waals surface area (Å²) in [5.74, 6) is -0.0863. The van der Waals surface area contributed by atoms with Gasteiger partial charge in [-0.1, -0.05) is 23.2 Å². The van der Waals surface area contributed by atoms with Gasteiger partial charge < -0.3 is 15.0 Å². The van der Waals surface area contributed by atoms with E-state index in [9.17, 15) is 9.90 Å². The number of halogens is 2. The van der Waals surface area contributed by atoms with Gasteiger partial charge in [-0.25, -0.2) is 0 Å². The summed E-state index contributed by atoms with van der Waals surface area (Å²) in [4.78, 5) is 12.2. The molecule has 0 fully saturated rings. The van der Waals surface area contributed by atoms with Crippen molar-refractivity contribution in [1.82, 2.24) is 9.88 Å². The Labute approximate surface area is 149 Å². The number of aromatic nitrogens is 1. The van der Waals surface area contributed by atoms with Gasteiger partial charge >= 0.3 is 0 Å². The van der Waals surface area contributed by atoms with E-state index in [1.54, 1.807) is 6.07 Å². The summed E-state index contributed by atoms with van der Waals surface area (Å²) in [6.45, 7) is 0.497.